The molecule has 0 saturated carbocycles. The summed E-state index contributed by atoms with van der Waals surface area (Å²) >= 11 is 0. The number of hydrogen-bond acceptors (Lipinski definition) is 0. The van der Waals surface area contributed by atoms with Crippen molar-refractivity contribution in [1.82, 2.24) is 0 Å². The van der Waals surface area contributed by atoms with Crippen LogP contribution in [-0.4, -0.2) is 0 Å². The monoisotopic (exact) mass is 479 g/mol. The number of fused-ring (bicyclic) bond motifs is 3. The van der Waals surface area contributed by atoms with Crippen LogP contribution < -0.4 is 24.8 Å². The van der Waals surface area contributed by atoms with Gasteiger partial charge in [0.25, 0.3) is 0 Å². The smallest absolute Gasteiger partial charge is 1.00 e. The molecule has 1 aliphatic carbocycles. The normalized spacial score (nSPS) is 9.97. The van der Waals surface area contributed by atoms with Gasteiger partial charge in [-0.2, -0.15) is 18.1 Å². The molecule has 4 aromatic rings. The summed E-state index contributed by atoms with van der Waals surface area (Å²) in [6.45, 7) is 2.11. The third-order valence-electron chi connectivity index (χ3n) is 5.19. The second kappa shape index (κ2) is 12.6. The zero-order chi connectivity index (χ0) is 19.3. The molecule has 0 heterocycles. The molecule has 0 amide bonds. The summed E-state index contributed by atoms with van der Waals surface area (Å²) < 4.78 is 0. The Labute approximate surface area is 212 Å². The third kappa shape index (κ3) is 5.96. The van der Waals surface area contributed by atoms with E-state index in [0.717, 1.165) is 6.42 Å². The minimum Gasteiger partial charge on any atom is -1.00 e. The Balaban J connectivity index is 0.000000417. The molecule has 31 heavy (non-hydrogen) atoms. The van der Waals surface area contributed by atoms with Crippen molar-refractivity contribution in [2.24, 2.45) is 0 Å². The molecule has 0 spiro atoms. The average molecular weight is 480 g/mol. The maximum atomic E-state index is 7.00. The molecule has 0 aliphatic heterocycles. The van der Waals surface area contributed by atoms with Crippen molar-refractivity contribution in [3.05, 3.63) is 126 Å². The molecule has 5 rings (SSSR count). The molecule has 1 aliphatic rings. The van der Waals surface area contributed by atoms with E-state index in [-0.39, 0.29) is 46.5 Å². The number of halogens is 2. The second-order valence-corrected chi connectivity index (χ2v) is 6.91. The summed E-state index contributed by atoms with van der Waals surface area (Å²) in [7, 11) is 0. The van der Waals surface area contributed by atoms with E-state index in [0.29, 0.717) is 5.69 Å². The summed E-state index contributed by atoms with van der Waals surface area (Å²) in [6.07, 6.45) is 3.23. The van der Waals surface area contributed by atoms with E-state index in [9.17, 15) is 0 Å². The molecular formula is C27H23Cl2NTi-2. The van der Waals surface area contributed by atoms with Gasteiger partial charge in [-0.1, -0.05) is 91.3 Å². The molecule has 0 bridgehead atoms. The van der Waals surface area contributed by atoms with Crippen LogP contribution in [-0.2, 0) is 28.1 Å². The average Bonchev–Trinajstić information content (AvgIpc) is 3.14. The SMILES string of the molecule is C[CH-]c1ccccc1-c1cccc2c1Cc1ccccc1-2.[Cl-].[Cl-].[NH-]c1ccccc1.[Ti+2]. The molecule has 0 atom stereocenters. The van der Waals surface area contributed by atoms with Crippen LogP contribution in [0.1, 0.15) is 23.6 Å². The van der Waals surface area contributed by atoms with Crippen LogP contribution in [0.3, 0.4) is 0 Å². The van der Waals surface area contributed by atoms with Crippen molar-refractivity contribution in [2.45, 2.75) is 13.3 Å². The fourth-order valence-corrected chi connectivity index (χ4v) is 3.84. The van der Waals surface area contributed by atoms with Crippen molar-refractivity contribution < 1.29 is 46.5 Å². The van der Waals surface area contributed by atoms with Gasteiger partial charge in [0.2, 0.25) is 0 Å². The first kappa shape index (κ1) is 26.9. The molecular weight excluding hydrogens is 457 g/mol. The summed E-state index contributed by atoms with van der Waals surface area (Å²) in [4.78, 5) is 0. The predicted molar refractivity (Wildman–Crippen MR) is 120 cm³/mol. The van der Waals surface area contributed by atoms with E-state index in [1.54, 1.807) is 12.1 Å². The first-order chi connectivity index (χ1) is 13.8. The van der Waals surface area contributed by atoms with Crippen molar-refractivity contribution in [3.63, 3.8) is 0 Å². The van der Waals surface area contributed by atoms with Crippen LogP contribution in [0.15, 0.2) is 97.1 Å². The molecule has 0 aromatic heterocycles. The van der Waals surface area contributed by atoms with Gasteiger partial charge in [0.15, 0.2) is 0 Å². The first-order valence-corrected chi connectivity index (χ1v) is 9.63. The van der Waals surface area contributed by atoms with Gasteiger partial charge in [-0.25, -0.2) is 0 Å². The Morgan fingerprint density at radius 1 is 0.613 bits per heavy atom. The largest absolute Gasteiger partial charge is 2.00 e. The Morgan fingerprint density at radius 2 is 1.13 bits per heavy atom. The standard InChI is InChI=1S/C21H17.C6H6N.2ClH.Ti/c1-2-15-8-3-5-10-17(15)19-12-7-13-20-18-11-6-4-9-16(18)14-21(19)20;7-6-4-2-1-3-5-6;;;/h2-13H,14H2,1H3;1-5,7H;2*1H;/q2*-1;;;+2/p-2. The Kier molecular flexibility index (Phi) is 11.0. The summed E-state index contributed by atoms with van der Waals surface area (Å²) in [5, 5.41) is 0. The number of hydrogen-bond donors (Lipinski definition) is 0. The zero-order valence-electron chi connectivity index (χ0n) is 17.3. The van der Waals surface area contributed by atoms with Crippen molar-refractivity contribution in [3.8, 4) is 22.3 Å². The van der Waals surface area contributed by atoms with Crippen LogP contribution in [0.4, 0.5) is 5.69 Å². The van der Waals surface area contributed by atoms with Gasteiger partial charge in [-0.3, -0.25) is 0 Å². The molecule has 1 N–H and O–H groups in total. The van der Waals surface area contributed by atoms with Crippen molar-refractivity contribution >= 4 is 5.69 Å². The van der Waals surface area contributed by atoms with E-state index in [2.05, 4.69) is 80.1 Å². The molecule has 4 aromatic carbocycles. The van der Waals surface area contributed by atoms with Gasteiger partial charge in [0.05, 0.1) is 0 Å². The van der Waals surface area contributed by atoms with Crippen LogP contribution in [0, 0.1) is 6.42 Å². The molecule has 1 nitrogen and oxygen atoms in total. The van der Waals surface area contributed by atoms with Gasteiger partial charge in [-0.15, -0.1) is 23.4 Å². The topological polar surface area (TPSA) is 23.8 Å². The third-order valence-corrected chi connectivity index (χ3v) is 5.19. The first-order valence-electron chi connectivity index (χ1n) is 9.63. The molecule has 156 valence electrons. The van der Waals surface area contributed by atoms with Crippen LogP contribution >= 0.6 is 0 Å². The van der Waals surface area contributed by atoms with Gasteiger partial charge in [0.1, 0.15) is 0 Å². The van der Waals surface area contributed by atoms with Gasteiger partial charge < -0.3 is 30.5 Å². The maximum absolute atomic E-state index is 7.00. The number of benzene rings is 4. The van der Waals surface area contributed by atoms with Crippen molar-refractivity contribution in [2.75, 3.05) is 0 Å². The Bertz CT molecular complexity index is 1100. The molecule has 0 fully saturated rings. The predicted octanol–water partition coefficient (Wildman–Crippen LogP) is 1.87. The zero-order valence-corrected chi connectivity index (χ0v) is 20.4. The number of nitrogens with one attached hydrogen (secondary N) is 1. The van der Waals surface area contributed by atoms with Gasteiger partial charge in [0, 0.05) is 0 Å². The molecule has 0 radical (unpaired) electrons. The van der Waals surface area contributed by atoms with E-state index >= 15 is 0 Å². The fourth-order valence-electron chi connectivity index (χ4n) is 3.84. The Hall–Kier alpha value is -2.16. The van der Waals surface area contributed by atoms with E-state index in [1.165, 1.54) is 38.9 Å². The molecule has 0 unspecified atom stereocenters. The van der Waals surface area contributed by atoms with Gasteiger partial charge >= 0.3 is 21.7 Å². The van der Waals surface area contributed by atoms with E-state index < -0.39 is 0 Å². The summed E-state index contributed by atoms with van der Waals surface area (Å²) in [5.74, 6) is 0. The maximum Gasteiger partial charge on any atom is 2.00 e. The fraction of sp³-hybridized carbons (Fsp3) is 0.0741. The molecule has 0 saturated heterocycles. The quantitative estimate of drug-likeness (QED) is 0.272. The second-order valence-electron chi connectivity index (χ2n) is 6.91. The van der Waals surface area contributed by atoms with E-state index in [1.807, 2.05) is 18.2 Å². The minimum atomic E-state index is 0. The molecule has 4 heteroatoms. The van der Waals surface area contributed by atoms with Gasteiger partial charge in [-0.05, 0) is 28.7 Å². The summed E-state index contributed by atoms with van der Waals surface area (Å²) in [6, 6.07) is 33.2. The van der Waals surface area contributed by atoms with E-state index in [4.69, 9.17) is 5.73 Å². The minimum absolute atomic E-state index is 0. The van der Waals surface area contributed by atoms with Crippen LogP contribution in [0.25, 0.3) is 28.0 Å². The van der Waals surface area contributed by atoms with Crippen LogP contribution in [0.2, 0.25) is 0 Å². The van der Waals surface area contributed by atoms with Crippen molar-refractivity contribution in [1.29, 1.82) is 0 Å². The number of rotatable bonds is 2. The summed E-state index contributed by atoms with van der Waals surface area (Å²) in [5.41, 5.74) is 17.3. The van der Waals surface area contributed by atoms with Crippen LogP contribution in [0.5, 0.6) is 0 Å². The Morgan fingerprint density at radius 3 is 1.74 bits per heavy atom.